The van der Waals surface area contributed by atoms with E-state index < -0.39 is 189 Å². The third-order valence-corrected chi connectivity index (χ3v) is 29.7. The topological polar surface area (TPSA) is 282 Å². The number of benzene rings is 5. The standard InChI is InChI=1S/2C20H20F4N4O.C19H24F3N3O.C18H20ClF4N3O.C18H20F3N3O/c2*1-18(6-3-7-18)28-16-12(10-25)13(21)4-5-14(16)26-17(28)27-15(29)8-11-9-20(23,24)19(11,2)22;1-11(20)18(2,3)10-16(26)24-17-23-14-8-12(21)13(22)9-15(14)25(17)19(4)6-5-7-19;1-16(2,3)26-13-6-10(19)11(20)7-12(13)24-15(26)25-14(27)5-9-8-18(22,23)17(9,4)21;1-17(6-7-17)9-12(25)23-16-22-11-8-10(19)13(20)14(21)15(11)24(16)18(2)4-3-5-18/h2*4-5,11H,3,6-9H2,1-2H3,(H,26,27,29);8-9,11H,5-7,10H2,1-4H3,(H,23,24,26);6-7,9H,5,8H2,1-4H3,(H,24,25,27);8H,3-7,9H2,1-2H3,(H,22,23,25). The van der Waals surface area contributed by atoms with Gasteiger partial charge in [-0.25, -0.2) is 104 Å². The number of halogens is 19. The van der Waals surface area contributed by atoms with E-state index in [0.29, 0.717) is 28.5 Å². The lowest BCUT2D eigenvalue weighted by Crippen LogP contribution is -2.60. The van der Waals surface area contributed by atoms with Crippen LogP contribution in [0.25, 0.3) is 55.2 Å². The van der Waals surface area contributed by atoms with Gasteiger partial charge in [-0.2, -0.15) is 10.5 Å². The molecule has 0 saturated heterocycles. The number of nitrogens with zero attached hydrogens (tertiary/aromatic N) is 12. The Hall–Kier alpha value is -11.2. The molecule has 136 heavy (non-hydrogen) atoms. The summed E-state index contributed by atoms with van der Waals surface area (Å²) < 4.78 is 256. The zero-order chi connectivity index (χ0) is 100.0. The van der Waals surface area contributed by atoms with E-state index in [1.807, 2.05) is 67.5 Å². The predicted molar refractivity (Wildman–Crippen MR) is 473 cm³/mol. The van der Waals surface area contributed by atoms with Crippen LogP contribution in [0, 0.1) is 97.8 Å². The molecule has 7 atom stereocenters. The molecule has 0 bridgehead atoms. The van der Waals surface area contributed by atoms with Crippen LogP contribution in [0.1, 0.15) is 249 Å². The van der Waals surface area contributed by atoms with Crippen molar-refractivity contribution in [2.24, 2.45) is 28.6 Å². The summed E-state index contributed by atoms with van der Waals surface area (Å²) in [5, 5.41) is 31.9. The number of carbonyl (C=O) groups is 5. The number of amides is 5. The number of imidazole rings is 5. The molecule has 0 radical (unpaired) electrons. The van der Waals surface area contributed by atoms with Crippen LogP contribution in [0.3, 0.4) is 0 Å². The summed E-state index contributed by atoms with van der Waals surface area (Å²) in [6, 6.07) is 14.4. The van der Waals surface area contributed by atoms with Crippen LogP contribution in [0.15, 0.2) is 54.6 Å². The summed E-state index contributed by atoms with van der Waals surface area (Å²) in [7, 11) is 0. The van der Waals surface area contributed by atoms with Gasteiger partial charge in [0.25, 0.3) is 17.8 Å². The molecule has 8 saturated carbocycles. The smallest absolute Gasteiger partial charge is 0.281 e. The van der Waals surface area contributed by atoms with Gasteiger partial charge in [0, 0.05) is 126 Å². The number of nitriles is 2. The highest BCUT2D eigenvalue weighted by Gasteiger charge is 2.69. The van der Waals surface area contributed by atoms with Crippen molar-refractivity contribution in [3.63, 3.8) is 0 Å². The lowest BCUT2D eigenvalue weighted by molar-refractivity contribution is -0.242. The lowest BCUT2D eigenvalue weighted by Gasteiger charge is -2.47. The maximum absolute atomic E-state index is 14.5. The van der Waals surface area contributed by atoms with Crippen molar-refractivity contribution in [2.75, 3.05) is 26.6 Å². The van der Waals surface area contributed by atoms with Crippen molar-refractivity contribution in [3.05, 3.63) is 117 Å². The number of anilines is 5. The highest BCUT2D eigenvalue weighted by atomic mass is 35.5. The molecule has 8 aliphatic rings. The molecular formula is C95H104ClF18N17O5. The molecule has 7 unspecified atom stereocenters. The highest BCUT2D eigenvalue weighted by molar-refractivity contribution is 6.31. The fourth-order valence-electron chi connectivity index (χ4n) is 18.9. The van der Waals surface area contributed by atoms with E-state index in [-0.39, 0.29) is 108 Å². The molecule has 18 rings (SSSR count). The summed E-state index contributed by atoms with van der Waals surface area (Å²) in [6.45, 7) is 22.6. The SMILES string of the molecule is CC(C)(C)n1c(NC(=O)CC2CC(F)(F)C2(C)F)nc2cc(F)c(Cl)cc21.CC(F)C(C)(C)CC(=O)Nc1nc2cc(F)c(F)cc2n1C1(C)CCC1.CC1(CC(=O)Nc2nc3cc(F)c(F)c(F)c3n2C2(C)CCC2)CC1.CC1(n2c(NC(=O)CC3CC(F)(F)C3(C)F)nc3ccc(F)c(C#N)c32)CCC1.CC1(n2c(NC(=O)CC3CC(F)(F)C3(C)F)nc3ccc(F)c(C#N)c32)CCC1. The van der Waals surface area contributed by atoms with Crippen molar-refractivity contribution in [2.45, 2.75) is 307 Å². The van der Waals surface area contributed by atoms with E-state index in [0.717, 1.165) is 147 Å². The maximum atomic E-state index is 14.5. The number of fused-ring (bicyclic) bond motifs is 5. The van der Waals surface area contributed by atoms with E-state index in [4.69, 9.17) is 11.6 Å². The molecule has 41 heteroatoms. The molecule has 0 spiro atoms. The van der Waals surface area contributed by atoms with E-state index in [2.05, 4.69) is 51.5 Å². The number of aromatic nitrogens is 10. The monoisotopic (exact) mass is 1940 g/mol. The fraction of sp³-hybridized carbons (Fsp3) is 0.558. The first-order chi connectivity index (χ1) is 63.0. The van der Waals surface area contributed by atoms with E-state index in [1.165, 1.54) is 29.7 Å². The Morgan fingerprint density at radius 3 is 1.13 bits per heavy atom. The molecule has 8 aliphatic carbocycles. The van der Waals surface area contributed by atoms with E-state index in [9.17, 15) is 114 Å². The second kappa shape index (κ2) is 35.4. The average Bonchev–Trinajstić information content (AvgIpc) is 1.48. The number of carbonyl (C=O) groups excluding carboxylic acids is 5. The summed E-state index contributed by atoms with van der Waals surface area (Å²) in [4.78, 5) is 83.5. The Kier molecular flexibility index (Phi) is 26.2. The third kappa shape index (κ3) is 18.5. The summed E-state index contributed by atoms with van der Waals surface area (Å²) in [5.74, 6) is -23.3. The minimum absolute atomic E-state index is 0.0115. The van der Waals surface area contributed by atoms with Crippen molar-refractivity contribution < 1.29 is 103 Å². The minimum atomic E-state index is -3.44. The number of rotatable bonds is 20. The molecule has 732 valence electrons. The molecule has 5 aromatic heterocycles. The Morgan fingerprint density at radius 1 is 0.419 bits per heavy atom. The molecule has 22 nitrogen and oxygen atoms in total. The van der Waals surface area contributed by atoms with Gasteiger partial charge in [-0.15, -0.1) is 0 Å². The Morgan fingerprint density at radius 2 is 0.757 bits per heavy atom. The van der Waals surface area contributed by atoms with Gasteiger partial charge in [-0.3, -0.25) is 50.6 Å². The Labute approximate surface area is 775 Å². The zero-order valence-corrected chi connectivity index (χ0v) is 77.9. The lowest BCUT2D eigenvalue weighted by atomic mass is 9.67. The molecule has 5 amide bonds. The van der Waals surface area contributed by atoms with Gasteiger partial charge in [-0.05, 0) is 202 Å². The second-order valence-corrected chi connectivity index (χ2v) is 41.7. The maximum Gasteiger partial charge on any atom is 0.281 e. The van der Waals surface area contributed by atoms with Crippen molar-refractivity contribution in [3.8, 4) is 12.1 Å². The van der Waals surface area contributed by atoms with Crippen LogP contribution in [0.4, 0.5) is 109 Å². The third-order valence-electron chi connectivity index (χ3n) is 29.4. The Balaban J connectivity index is 0.000000136. The number of alkyl halides is 10. The molecule has 5 N–H and O–H groups in total. The van der Waals surface area contributed by atoms with Crippen LogP contribution in [0.2, 0.25) is 5.02 Å². The molecular weight excluding hydrogens is 1840 g/mol. The molecule has 0 aliphatic heterocycles. The quantitative estimate of drug-likeness (QED) is 0.0352. The van der Waals surface area contributed by atoms with Crippen LogP contribution in [-0.4, -0.2) is 118 Å². The first kappa shape index (κ1) is 101. The van der Waals surface area contributed by atoms with Gasteiger partial charge in [0.05, 0.1) is 54.7 Å². The average molecular weight is 1940 g/mol. The van der Waals surface area contributed by atoms with Gasteiger partial charge < -0.3 is 22.8 Å². The summed E-state index contributed by atoms with van der Waals surface area (Å²) >= 11 is 5.86. The van der Waals surface area contributed by atoms with Gasteiger partial charge in [0.15, 0.2) is 46.1 Å². The second-order valence-electron chi connectivity index (χ2n) is 41.3. The van der Waals surface area contributed by atoms with Crippen LogP contribution in [-0.2, 0) is 51.7 Å². The summed E-state index contributed by atoms with van der Waals surface area (Å²) in [5.41, 5.74) is -8.87. The molecule has 5 heterocycles. The number of hydrogen-bond acceptors (Lipinski definition) is 12. The predicted octanol–water partition coefficient (Wildman–Crippen LogP) is 24.0. The molecule has 5 aromatic carbocycles. The van der Waals surface area contributed by atoms with E-state index >= 15 is 0 Å². The fourth-order valence-corrected chi connectivity index (χ4v) is 19.1. The van der Waals surface area contributed by atoms with Gasteiger partial charge in [0.2, 0.25) is 59.3 Å². The van der Waals surface area contributed by atoms with Gasteiger partial charge in [-0.1, -0.05) is 32.4 Å². The van der Waals surface area contributed by atoms with Crippen LogP contribution >= 0.6 is 11.6 Å². The van der Waals surface area contributed by atoms with Crippen LogP contribution in [0.5, 0.6) is 0 Å². The highest BCUT2D eigenvalue weighted by Crippen LogP contribution is 2.59. The van der Waals surface area contributed by atoms with E-state index in [1.54, 1.807) is 32.1 Å². The van der Waals surface area contributed by atoms with Crippen molar-refractivity contribution >= 4 is 126 Å². The van der Waals surface area contributed by atoms with Crippen molar-refractivity contribution in [1.82, 2.24) is 47.8 Å². The first-order valence-corrected chi connectivity index (χ1v) is 45.3. The minimum Gasteiger partial charge on any atom is -0.305 e. The largest absolute Gasteiger partial charge is 0.305 e. The normalized spacial score (nSPS) is 23.6. The number of nitrogens with one attached hydrogen (secondary N) is 5. The van der Waals surface area contributed by atoms with Crippen molar-refractivity contribution in [1.29, 1.82) is 10.5 Å². The molecule has 10 aromatic rings. The van der Waals surface area contributed by atoms with Crippen LogP contribution < -0.4 is 26.6 Å². The Bertz CT molecular complexity index is 6380. The summed E-state index contributed by atoms with van der Waals surface area (Å²) in [6.07, 6.45) is 7.96. The first-order valence-electron chi connectivity index (χ1n) is 44.9. The zero-order valence-electron chi connectivity index (χ0n) is 77.2. The number of hydrogen-bond donors (Lipinski definition) is 5. The van der Waals surface area contributed by atoms with Gasteiger partial charge in [0.1, 0.15) is 52.4 Å². The van der Waals surface area contributed by atoms with Gasteiger partial charge >= 0.3 is 0 Å². The molecule has 8 fully saturated rings.